The third-order valence-electron chi connectivity index (χ3n) is 3.70. The lowest BCUT2D eigenvalue weighted by Crippen LogP contribution is -2.53. The van der Waals surface area contributed by atoms with Gasteiger partial charge in [0.2, 0.25) is 0 Å². The van der Waals surface area contributed by atoms with E-state index in [9.17, 15) is 0 Å². The molecule has 2 unspecified atom stereocenters. The first-order valence-electron chi connectivity index (χ1n) is 5.94. The van der Waals surface area contributed by atoms with Crippen LogP contribution in [0.25, 0.3) is 0 Å². The minimum absolute atomic E-state index is 0.311. The summed E-state index contributed by atoms with van der Waals surface area (Å²) >= 11 is 0. The van der Waals surface area contributed by atoms with Gasteiger partial charge in [0.05, 0.1) is 6.10 Å². The van der Waals surface area contributed by atoms with Gasteiger partial charge in [-0.05, 0) is 52.5 Å². The smallest absolute Gasteiger partial charge is 0.0730 e. The molecule has 0 aliphatic carbocycles. The van der Waals surface area contributed by atoms with Crippen molar-refractivity contribution in [3.8, 4) is 0 Å². The topological polar surface area (TPSA) is 12.5 Å². The Labute approximate surface area is 87.6 Å². The Morgan fingerprint density at radius 3 is 2.71 bits per heavy atom. The fourth-order valence-corrected chi connectivity index (χ4v) is 2.67. The number of likely N-dealkylation sites (tertiary alicyclic amines) is 1. The van der Waals surface area contributed by atoms with Crippen LogP contribution in [0.1, 0.15) is 40.0 Å². The van der Waals surface area contributed by atoms with Crippen LogP contribution in [0.4, 0.5) is 0 Å². The molecule has 2 heterocycles. The summed E-state index contributed by atoms with van der Waals surface area (Å²) in [6.45, 7) is 10.3. The zero-order valence-corrected chi connectivity index (χ0v) is 9.75. The largest absolute Gasteiger partial charge is 0.377 e. The molecule has 0 saturated carbocycles. The fourth-order valence-electron chi connectivity index (χ4n) is 2.67. The lowest BCUT2D eigenvalue weighted by atomic mass is 9.86. The summed E-state index contributed by atoms with van der Waals surface area (Å²) in [6.07, 6.45) is 4.53. The average Bonchev–Trinajstić information content (AvgIpc) is 2.16. The van der Waals surface area contributed by atoms with E-state index in [1.807, 2.05) is 0 Å². The van der Waals surface area contributed by atoms with Crippen LogP contribution in [0, 0.1) is 5.92 Å². The second-order valence-electron chi connectivity index (χ2n) is 5.72. The molecule has 2 rings (SSSR count). The number of piperidine rings is 1. The van der Waals surface area contributed by atoms with E-state index in [1.165, 1.54) is 25.8 Å². The molecular formula is C12H23NO. The molecule has 2 aliphatic rings. The van der Waals surface area contributed by atoms with Crippen molar-refractivity contribution in [2.45, 2.75) is 51.7 Å². The molecule has 0 amide bonds. The van der Waals surface area contributed by atoms with Crippen LogP contribution < -0.4 is 0 Å². The molecule has 0 aromatic rings. The minimum Gasteiger partial charge on any atom is -0.377 e. The summed E-state index contributed by atoms with van der Waals surface area (Å²) in [4.78, 5) is 2.57. The van der Waals surface area contributed by atoms with Gasteiger partial charge in [-0.25, -0.2) is 0 Å². The molecule has 0 radical (unpaired) electrons. The lowest BCUT2D eigenvalue weighted by molar-refractivity contribution is -0.0861. The van der Waals surface area contributed by atoms with Gasteiger partial charge in [0.1, 0.15) is 0 Å². The predicted octanol–water partition coefficient (Wildman–Crippen LogP) is 2.29. The summed E-state index contributed by atoms with van der Waals surface area (Å²) in [5.74, 6) is 0.849. The van der Waals surface area contributed by atoms with Crippen molar-refractivity contribution < 1.29 is 4.74 Å². The Morgan fingerprint density at radius 1 is 1.21 bits per heavy atom. The molecule has 2 atom stereocenters. The van der Waals surface area contributed by atoms with E-state index < -0.39 is 0 Å². The van der Waals surface area contributed by atoms with Crippen molar-refractivity contribution in [3.63, 3.8) is 0 Å². The highest BCUT2D eigenvalue weighted by atomic mass is 16.5. The van der Waals surface area contributed by atoms with Gasteiger partial charge in [-0.1, -0.05) is 0 Å². The number of fused-ring (bicyclic) bond motifs is 1. The molecule has 0 aromatic heterocycles. The van der Waals surface area contributed by atoms with E-state index in [2.05, 4.69) is 25.7 Å². The maximum absolute atomic E-state index is 5.87. The number of hydrogen-bond donors (Lipinski definition) is 0. The maximum Gasteiger partial charge on any atom is 0.0730 e. The summed E-state index contributed by atoms with van der Waals surface area (Å²) in [6, 6.07) is 0. The van der Waals surface area contributed by atoms with Gasteiger partial charge in [-0.2, -0.15) is 0 Å². The first-order chi connectivity index (χ1) is 6.57. The van der Waals surface area contributed by atoms with Crippen LogP contribution in [0.5, 0.6) is 0 Å². The number of hydrogen-bond acceptors (Lipinski definition) is 2. The van der Waals surface area contributed by atoms with E-state index in [0.717, 1.165) is 19.1 Å². The Kier molecular flexibility index (Phi) is 2.85. The Morgan fingerprint density at radius 2 is 2.00 bits per heavy atom. The van der Waals surface area contributed by atoms with E-state index in [0.29, 0.717) is 11.6 Å². The molecule has 0 bridgehead atoms. The molecule has 2 heteroatoms. The molecule has 14 heavy (non-hydrogen) atoms. The van der Waals surface area contributed by atoms with E-state index in [4.69, 9.17) is 4.74 Å². The van der Waals surface area contributed by atoms with Crippen LogP contribution in [0.3, 0.4) is 0 Å². The van der Waals surface area contributed by atoms with Gasteiger partial charge in [-0.15, -0.1) is 0 Å². The monoisotopic (exact) mass is 197 g/mol. The Bertz CT molecular complexity index is 197. The van der Waals surface area contributed by atoms with Crippen molar-refractivity contribution >= 4 is 0 Å². The van der Waals surface area contributed by atoms with Crippen molar-refractivity contribution in [3.05, 3.63) is 0 Å². The van der Waals surface area contributed by atoms with Crippen LogP contribution in [-0.4, -0.2) is 36.2 Å². The van der Waals surface area contributed by atoms with Gasteiger partial charge < -0.3 is 4.74 Å². The Balaban J connectivity index is 1.96. The number of nitrogens with zero attached hydrogens (tertiary/aromatic N) is 1. The van der Waals surface area contributed by atoms with Crippen LogP contribution in [-0.2, 0) is 4.74 Å². The van der Waals surface area contributed by atoms with Crippen molar-refractivity contribution in [2.75, 3.05) is 19.7 Å². The molecule has 2 aliphatic heterocycles. The second kappa shape index (κ2) is 3.82. The first kappa shape index (κ1) is 10.4. The summed E-state index contributed by atoms with van der Waals surface area (Å²) in [7, 11) is 0. The summed E-state index contributed by atoms with van der Waals surface area (Å²) < 4.78 is 5.87. The molecule has 2 fully saturated rings. The van der Waals surface area contributed by atoms with E-state index in [1.54, 1.807) is 0 Å². The highest BCUT2D eigenvalue weighted by molar-refractivity contribution is 4.88. The van der Waals surface area contributed by atoms with Crippen LogP contribution >= 0.6 is 0 Å². The number of rotatable bonds is 0. The molecular weight excluding hydrogens is 174 g/mol. The van der Waals surface area contributed by atoms with Crippen molar-refractivity contribution in [1.82, 2.24) is 4.90 Å². The van der Waals surface area contributed by atoms with Gasteiger partial charge in [-0.3, -0.25) is 4.90 Å². The van der Waals surface area contributed by atoms with Gasteiger partial charge in [0.25, 0.3) is 0 Å². The number of ether oxygens (including phenoxy) is 1. The van der Waals surface area contributed by atoms with Crippen molar-refractivity contribution in [1.29, 1.82) is 0 Å². The average molecular weight is 197 g/mol. The molecule has 0 aromatic carbocycles. The zero-order chi connectivity index (χ0) is 10.2. The molecule has 82 valence electrons. The third-order valence-corrected chi connectivity index (χ3v) is 3.70. The van der Waals surface area contributed by atoms with Gasteiger partial charge in [0.15, 0.2) is 0 Å². The fraction of sp³-hybridized carbons (Fsp3) is 1.00. The summed E-state index contributed by atoms with van der Waals surface area (Å²) in [5, 5.41) is 0. The molecule has 0 N–H and O–H groups in total. The highest BCUT2D eigenvalue weighted by Crippen LogP contribution is 2.31. The van der Waals surface area contributed by atoms with Gasteiger partial charge in [0, 0.05) is 18.7 Å². The lowest BCUT2D eigenvalue weighted by Gasteiger charge is -2.46. The SMILES string of the molecule is CC(C)(C)N1CCC2CCCOC2C1. The quantitative estimate of drug-likeness (QED) is 0.591. The van der Waals surface area contributed by atoms with Gasteiger partial charge >= 0.3 is 0 Å². The van der Waals surface area contributed by atoms with E-state index >= 15 is 0 Å². The molecule has 2 saturated heterocycles. The third kappa shape index (κ3) is 2.12. The Hall–Kier alpha value is -0.0800. The molecule has 2 nitrogen and oxygen atoms in total. The first-order valence-corrected chi connectivity index (χ1v) is 5.94. The summed E-state index contributed by atoms with van der Waals surface area (Å²) in [5.41, 5.74) is 0.311. The van der Waals surface area contributed by atoms with Crippen LogP contribution in [0.2, 0.25) is 0 Å². The molecule has 0 spiro atoms. The maximum atomic E-state index is 5.87. The normalized spacial score (nSPS) is 35.4. The zero-order valence-electron chi connectivity index (χ0n) is 9.75. The predicted molar refractivity (Wildman–Crippen MR) is 58.4 cm³/mol. The van der Waals surface area contributed by atoms with Crippen molar-refractivity contribution in [2.24, 2.45) is 5.92 Å². The standard InChI is InChI=1S/C12H23NO/c1-12(2,3)13-7-6-10-5-4-8-14-11(10)9-13/h10-11H,4-9H2,1-3H3. The van der Waals surface area contributed by atoms with E-state index in [-0.39, 0.29) is 0 Å². The van der Waals surface area contributed by atoms with Crippen LogP contribution in [0.15, 0.2) is 0 Å². The highest BCUT2D eigenvalue weighted by Gasteiger charge is 2.35. The second-order valence-corrected chi connectivity index (χ2v) is 5.72. The minimum atomic E-state index is 0.311.